The predicted octanol–water partition coefficient (Wildman–Crippen LogP) is 3.88. The van der Waals surface area contributed by atoms with Gasteiger partial charge in [-0.1, -0.05) is 56.8 Å². The number of benzene rings is 2. The molecule has 6 atom stereocenters. The highest BCUT2D eigenvalue weighted by Gasteiger charge is 2.60. The van der Waals surface area contributed by atoms with Gasteiger partial charge in [-0.3, -0.25) is 9.59 Å². The summed E-state index contributed by atoms with van der Waals surface area (Å²) in [6.45, 7) is 10.3. The molecule has 0 radical (unpaired) electrons. The summed E-state index contributed by atoms with van der Waals surface area (Å²) in [6, 6.07) is 13.4. The number of hydrogen-bond acceptors (Lipinski definition) is 7. The molecule has 1 amide bonds. The largest absolute Gasteiger partial charge is 0.399 e. The Morgan fingerprint density at radius 2 is 1.91 bits per heavy atom. The van der Waals surface area contributed by atoms with Crippen molar-refractivity contribution in [1.82, 2.24) is 10.2 Å². The van der Waals surface area contributed by atoms with Crippen molar-refractivity contribution in [2.75, 3.05) is 6.54 Å². The van der Waals surface area contributed by atoms with Gasteiger partial charge >= 0.3 is 0 Å². The molecule has 0 spiro atoms. The maximum absolute atomic E-state index is 13.5. The van der Waals surface area contributed by atoms with Crippen LogP contribution in [0.25, 0.3) is 5.70 Å². The molecule has 10 nitrogen and oxygen atoms in total. The molecule has 224 valence electrons. The Balaban J connectivity index is 1.59. The third kappa shape index (κ3) is 5.23. The van der Waals surface area contributed by atoms with Crippen molar-refractivity contribution in [3.8, 4) is 6.07 Å². The number of aryl methyl sites for hydroxylation is 2. The first kappa shape index (κ1) is 30.1. The van der Waals surface area contributed by atoms with Gasteiger partial charge in [-0.2, -0.15) is 10.8 Å². The number of hydrogen-bond donors (Lipinski definition) is 4. The van der Waals surface area contributed by atoms with Crippen LogP contribution < -0.4 is 16.8 Å². The SMILES string of the molecule is C=C(N)c1ccc2c(c1)CCc1cc(C=O)ccc1C2(CC(NCC(=O)N1C(C#N)CC2C(C)C21)C(C)C)C(N)=NN=N. The first-order valence-electron chi connectivity index (χ1n) is 14.9. The number of amidine groups is 1. The lowest BCUT2D eigenvalue weighted by Gasteiger charge is -2.40. The molecule has 6 N–H and O–H groups in total. The molecule has 0 bridgehead atoms. The topological polar surface area (TPSA) is 174 Å². The summed E-state index contributed by atoms with van der Waals surface area (Å²) in [4.78, 5) is 27.1. The van der Waals surface area contributed by atoms with E-state index in [0.717, 1.165) is 40.5 Å². The van der Waals surface area contributed by atoms with Crippen molar-refractivity contribution in [2.45, 2.75) is 70.0 Å². The molecule has 6 unspecified atom stereocenters. The van der Waals surface area contributed by atoms with E-state index >= 15 is 0 Å². The average Bonchev–Trinajstić information content (AvgIpc) is 3.47. The first-order chi connectivity index (χ1) is 20.6. The Kier molecular flexibility index (Phi) is 8.21. The van der Waals surface area contributed by atoms with E-state index in [0.29, 0.717) is 42.4 Å². The van der Waals surface area contributed by atoms with Crippen LogP contribution >= 0.6 is 0 Å². The number of likely N-dealkylation sites (tertiary alicyclic amines) is 1. The highest BCUT2D eigenvalue weighted by molar-refractivity contribution is 5.97. The number of nitrogens with one attached hydrogen (secondary N) is 2. The summed E-state index contributed by atoms with van der Waals surface area (Å²) < 4.78 is 0. The molecule has 5 rings (SSSR count). The number of amides is 1. The van der Waals surface area contributed by atoms with E-state index in [1.54, 1.807) is 11.0 Å². The van der Waals surface area contributed by atoms with Crippen LogP contribution in [0.2, 0.25) is 0 Å². The minimum atomic E-state index is -1.02. The zero-order valence-corrected chi connectivity index (χ0v) is 25.0. The maximum atomic E-state index is 13.5. The van der Waals surface area contributed by atoms with Gasteiger partial charge in [-0.05, 0) is 83.4 Å². The van der Waals surface area contributed by atoms with Gasteiger partial charge in [0.05, 0.1) is 18.0 Å². The maximum Gasteiger partial charge on any atom is 0.237 e. The van der Waals surface area contributed by atoms with Crippen LogP contribution in [-0.2, 0) is 23.1 Å². The number of carbonyl (C=O) groups is 2. The minimum absolute atomic E-state index is 0.0747. The van der Waals surface area contributed by atoms with Gasteiger partial charge in [0.1, 0.15) is 18.2 Å². The van der Waals surface area contributed by atoms with Crippen molar-refractivity contribution >= 4 is 23.7 Å². The van der Waals surface area contributed by atoms with Crippen molar-refractivity contribution in [3.63, 3.8) is 0 Å². The molecular weight excluding hydrogens is 540 g/mol. The second-order valence-corrected chi connectivity index (χ2v) is 12.6. The molecule has 1 saturated carbocycles. The van der Waals surface area contributed by atoms with Crippen LogP contribution in [-0.4, -0.2) is 47.6 Å². The van der Waals surface area contributed by atoms with Crippen molar-refractivity contribution in [3.05, 3.63) is 76.4 Å². The quantitative estimate of drug-likeness (QED) is 0.109. The monoisotopic (exact) mass is 580 g/mol. The Labute approximate surface area is 252 Å². The number of fused-ring (bicyclic) bond motifs is 3. The smallest absolute Gasteiger partial charge is 0.237 e. The van der Waals surface area contributed by atoms with Crippen LogP contribution in [0, 0.1) is 34.6 Å². The predicted molar refractivity (Wildman–Crippen MR) is 165 cm³/mol. The molecular formula is C33H40N8O2. The van der Waals surface area contributed by atoms with E-state index in [9.17, 15) is 14.9 Å². The summed E-state index contributed by atoms with van der Waals surface area (Å²) in [6.07, 6.45) is 3.30. The van der Waals surface area contributed by atoms with Crippen LogP contribution in [0.3, 0.4) is 0 Å². The number of nitrogens with two attached hydrogens (primary N) is 2. The van der Waals surface area contributed by atoms with Crippen molar-refractivity contribution < 1.29 is 9.59 Å². The zero-order valence-electron chi connectivity index (χ0n) is 25.0. The third-order valence-electron chi connectivity index (χ3n) is 9.87. The Morgan fingerprint density at radius 3 is 2.51 bits per heavy atom. The molecule has 1 heterocycles. The second kappa shape index (κ2) is 11.7. The van der Waals surface area contributed by atoms with Crippen LogP contribution in [0.1, 0.15) is 71.8 Å². The Hall–Kier alpha value is -4.36. The highest BCUT2D eigenvalue weighted by Crippen LogP contribution is 2.53. The number of rotatable bonds is 10. The molecule has 1 saturated heterocycles. The molecule has 2 aromatic rings. The average molecular weight is 581 g/mol. The van der Waals surface area contributed by atoms with E-state index < -0.39 is 5.41 Å². The molecule has 43 heavy (non-hydrogen) atoms. The van der Waals surface area contributed by atoms with Gasteiger partial charge in [0.25, 0.3) is 0 Å². The third-order valence-corrected chi connectivity index (χ3v) is 9.87. The van der Waals surface area contributed by atoms with Crippen LogP contribution in [0.5, 0.6) is 0 Å². The number of aldehydes is 1. The fourth-order valence-corrected chi connectivity index (χ4v) is 7.43. The Morgan fingerprint density at radius 1 is 1.23 bits per heavy atom. The molecule has 2 aromatic carbocycles. The Bertz CT molecular complexity index is 1540. The van der Waals surface area contributed by atoms with E-state index in [-0.39, 0.29) is 42.3 Å². The van der Waals surface area contributed by atoms with E-state index in [2.05, 4.69) is 49.1 Å². The van der Waals surface area contributed by atoms with Gasteiger partial charge in [0, 0.05) is 23.3 Å². The number of carbonyl (C=O) groups excluding carboxylic acids is 2. The van der Waals surface area contributed by atoms with Gasteiger partial charge in [0.2, 0.25) is 5.91 Å². The van der Waals surface area contributed by atoms with Gasteiger partial charge in [-0.25, -0.2) is 0 Å². The van der Waals surface area contributed by atoms with E-state index in [1.807, 2.05) is 30.3 Å². The molecule has 3 aliphatic rings. The van der Waals surface area contributed by atoms with Crippen molar-refractivity contribution in [2.24, 2.45) is 39.5 Å². The van der Waals surface area contributed by atoms with Gasteiger partial charge < -0.3 is 21.7 Å². The van der Waals surface area contributed by atoms with Gasteiger partial charge in [0.15, 0.2) is 0 Å². The fourth-order valence-electron chi connectivity index (χ4n) is 7.43. The van der Waals surface area contributed by atoms with Crippen LogP contribution in [0.4, 0.5) is 0 Å². The standard InChI is InChI=1S/C33H40N8O2/c1-18(2)29(38-16-30(43)41-25(15-34)13-26-19(3)31(26)41)14-33(32(36)39-40-37)27-9-5-21(17-42)11-23(27)6-7-24-12-22(20(4)35)8-10-28(24)33/h5,8-12,17-19,25-26,29,31,38H,4,6-7,13-14,16,35H2,1-3H3,(H3,36,37,39). The highest BCUT2D eigenvalue weighted by atomic mass is 16.2. The van der Waals surface area contributed by atoms with Crippen LogP contribution in [0.15, 0.2) is 53.3 Å². The summed E-state index contributed by atoms with van der Waals surface area (Å²) in [5, 5.41) is 20.7. The normalized spacial score (nSPS) is 26.4. The van der Waals surface area contributed by atoms with Crippen molar-refractivity contribution in [1.29, 1.82) is 10.8 Å². The fraction of sp³-hybridized carbons (Fsp3) is 0.455. The summed E-state index contributed by atoms with van der Waals surface area (Å²) in [5.41, 5.74) is 25.1. The lowest BCUT2D eigenvalue weighted by molar-refractivity contribution is -0.131. The number of nitriles is 1. The minimum Gasteiger partial charge on any atom is -0.399 e. The summed E-state index contributed by atoms with van der Waals surface area (Å²) in [7, 11) is 0. The molecule has 1 aliphatic heterocycles. The van der Waals surface area contributed by atoms with Gasteiger partial charge in [-0.15, -0.1) is 5.10 Å². The van der Waals surface area contributed by atoms with E-state index in [4.69, 9.17) is 17.0 Å². The second-order valence-electron chi connectivity index (χ2n) is 12.6. The first-order valence-corrected chi connectivity index (χ1v) is 14.9. The number of nitrogens with zero attached hydrogens (tertiary/aromatic N) is 4. The lowest BCUT2D eigenvalue weighted by atomic mass is 9.66. The summed E-state index contributed by atoms with van der Waals surface area (Å²) in [5.74, 6) is 0.993. The lowest BCUT2D eigenvalue weighted by Crippen LogP contribution is -2.52. The molecule has 0 aromatic heterocycles. The number of piperidine rings is 1. The van der Waals surface area contributed by atoms with E-state index in [1.165, 1.54) is 0 Å². The zero-order chi connectivity index (χ0) is 31.1. The molecule has 10 heteroatoms. The molecule has 2 fully saturated rings. The summed E-state index contributed by atoms with van der Waals surface area (Å²) >= 11 is 0. The molecule has 2 aliphatic carbocycles.